The number of benzene rings is 1. The lowest BCUT2D eigenvalue weighted by Gasteiger charge is -2.56. The number of fused-ring (bicyclic) bond motifs is 3. The van der Waals surface area contributed by atoms with Crippen molar-refractivity contribution in [3.05, 3.63) is 35.9 Å². The van der Waals surface area contributed by atoms with E-state index in [-0.39, 0.29) is 28.2 Å². The second kappa shape index (κ2) is 6.26. The van der Waals surface area contributed by atoms with E-state index >= 15 is 0 Å². The number of hydrogen-bond acceptors (Lipinski definition) is 2. The van der Waals surface area contributed by atoms with Crippen molar-refractivity contribution in [2.45, 2.75) is 62.8 Å². The zero-order valence-corrected chi connectivity index (χ0v) is 15.9. The largest absolute Gasteiger partial charge is 0.338 e. The van der Waals surface area contributed by atoms with Gasteiger partial charge in [-0.15, -0.1) is 0 Å². The fourth-order valence-corrected chi connectivity index (χ4v) is 5.02. The average molecular weight is 349 g/mol. The molecule has 1 N–H and O–H groups in total. The molecule has 2 aliphatic heterocycles. The molecule has 0 radical (unpaired) electrons. The summed E-state index contributed by atoms with van der Waals surface area (Å²) in [5.41, 5.74) is 0.823. The summed E-state index contributed by atoms with van der Waals surface area (Å²) in [5, 5.41) is 0. The van der Waals surface area contributed by atoms with E-state index in [1.807, 2.05) is 50.9 Å². The summed E-state index contributed by atoms with van der Waals surface area (Å²) in [6, 6.07) is 10.0. The van der Waals surface area contributed by atoms with Crippen LogP contribution in [-0.4, -0.2) is 32.3 Å². The molecule has 1 aromatic rings. The molecular formula is C19H28N2O2S. The molecule has 0 aromatic heterocycles. The number of nitrogens with one attached hydrogen (secondary N) is 1. The Morgan fingerprint density at radius 1 is 1.21 bits per heavy atom. The van der Waals surface area contributed by atoms with Crippen LogP contribution < -0.4 is 4.72 Å². The number of likely N-dealkylation sites (N-methyl/N-ethyl adjacent to an activating group) is 1. The third-order valence-corrected chi connectivity index (χ3v) is 7.21. The number of carbonyl (C=O) groups excluding carboxylic acids is 1. The first-order chi connectivity index (χ1) is 11.3. The maximum Gasteiger partial charge on any atom is 0.225 e. The summed E-state index contributed by atoms with van der Waals surface area (Å²) >= 11 is 0. The van der Waals surface area contributed by atoms with E-state index in [1.165, 1.54) is 0 Å². The molecule has 1 saturated carbocycles. The third-order valence-electron chi connectivity index (χ3n) is 5.65. The Bertz CT molecular complexity index is 631. The Hall–Kier alpha value is -1.20. The minimum absolute atomic E-state index is 0.117. The number of nitrogens with zero attached hydrogens (tertiary/aromatic N) is 1. The van der Waals surface area contributed by atoms with Gasteiger partial charge in [0.05, 0.1) is 27.3 Å². The predicted molar refractivity (Wildman–Crippen MR) is 97.7 cm³/mol. The van der Waals surface area contributed by atoms with Crippen molar-refractivity contribution in [2.75, 3.05) is 7.05 Å². The first-order valence-corrected chi connectivity index (χ1v) is 9.91. The summed E-state index contributed by atoms with van der Waals surface area (Å²) in [7, 11) is 0.728. The highest BCUT2D eigenvalue weighted by molar-refractivity contribution is 7.84. The van der Waals surface area contributed by atoms with E-state index in [0.29, 0.717) is 0 Å². The van der Waals surface area contributed by atoms with Gasteiger partial charge < -0.3 is 4.90 Å². The fraction of sp³-hybridized carbons (Fsp3) is 0.632. The van der Waals surface area contributed by atoms with Crippen LogP contribution in [0.2, 0.25) is 0 Å². The van der Waals surface area contributed by atoms with E-state index in [1.54, 1.807) is 0 Å². The monoisotopic (exact) mass is 348 g/mol. The number of amides is 1. The standard InChI is InChI=1S/C19H28N2O2S/c1-18(2,3)24(23)20-16(14-8-6-5-7-9-14)19-12-10-15(11-13-19)17(22)21(19)4/h5-9,15-16,20H,10-13H2,1-4H3. The molecule has 2 unspecified atom stereocenters. The maximum atomic E-state index is 12.8. The van der Waals surface area contributed by atoms with Gasteiger partial charge in [0.25, 0.3) is 0 Å². The summed E-state index contributed by atoms with van der Waals surface area (Å²) in [4.78, 5) is 14.6. The zero-order chi connectivity index (χ0) is 17.5. The normalized spacial score (nSPS) is 29.6. The summed E-state index contributed by atoms with van der Waals surface area (Å²) < 4.78 is 15.9. The molecule has 3 aliphatic rings. The molecule has 0 spiro atoms. The second-order valence-corrected chi connectivity index (χ2v) is 10.1. The summed E-state index contributed by atoms with van der Waals surface area (Å²) in [6.07, 6.45) is 3.81. The van der Waals surface area contributed by atoms with Gasteiger partial charge in [0, 0.05) is 13.0 Å². The first-order valence-electron chi connectivity index (χ1n) is 8.76. The Balaban J connectivity index is 2.01. The highest BCUT2D eigenvalue weighted by Gasteiger charge is 2.54. The van der Waals surface area contributed by atoms with E-state index in [9.17, 15) is 9.00 Å². The van der Waals surface area contributed by atoms with Crippen LogP contribution in [-0.2, 0) is 15.8 Å². The molecule has 2 saturated heterocycles. The quantitative estimate of drug-likeness (QED) is 0.908. The van der Waals surface area contributed by atoms with E-state index in [0.717, 1.165) is 31.2 Å². The van der Waals surface area contributed by atoms with Gasteiger partial charge in [-0.2, -0.15) is 0 Å². The van der Waals surface area contributed by atoms with Crippen LogP contribution >= 0.6 is 0 Å². The van der Waals surface area contributed by atoms with Crippen molar-refractivity contribution in [3.63, 3.8) is 0 Å². The van der Waals surface area contributed by atoms with Crippen LogP contribution in [0.4, 0.5) is 0 Å². The van der Waals surface area contributed by atoms with E-state index in [2.05, 4.69) is 16.9 Å². The molecule has 1 amide bonds. The fourth-order valence-electron chi connectivity index (χ4n) is 4.09. The molecule has 2 bridgehead atoms. The smallest absolute Gasteiger partial charge is 0.225 e. The highest BCUT2D eigenvalue weighted by Crippen LogP contribution is 2.49. The zero-order valence-electron chi connectivity index (χ0n) is 15.0. The Morgan fingerprint density at radius 2 is 1.79 bits per heavy atom. The Labute approximate surface area is 147 Å². The van der Waals surface area contributed by atoms with E-state index in [4.69, 9.17) is 0 Å². The van der Waals surface area contributed by atoms with Crippen LogP contribution in [0.1, 0.15) is 58.1 Å². The molecule has 3 fully saturated rings. The van der Waals surface area contributed by atoms with Crippen molar-refractivity contribution in [3.8, 4) is 0 Å². The topological polar surface area (TPSA) is 49.4 Å². The van der Waals surface area contributed by atoms with Crippen molar-refractivity contribution in [1.82, 2.24) is 9.62 Å². The predicted octanol–water partition coefficient (Wildman–Crippen LogP) is 3.18. The van der Waals surface area contributed by atoms with Crippen molar-refractivity contribution in [2.24, 2.45) is 5.92 Å². The van der Waals surface area contributed by atoms with Crippen LogP contribution in [0.15, 0.2) is 30.3 Å². The van der Waals surface area contributed by atoms with Gasteiger partial charge in [-0.3, -0.25) is 4.79 Å². The molecular weight excluding hydrogens is 320 g/mol. The SMILES string of the molecule is CN1C(=O)C2CCC1(C(NS(=O)C(C)(C)C)c1ccccc1)CC2. The molecule has 2 heterocycles. The summed E-state index contributed by atoms with van der Waals surface area (Å²) in [6.45, 7) is 5.92. The van der Waals surface area contributed by atoms with Crippen LogP contribution in [0, 0.1) is 5.92 Å². The lowest BCUT2D eigenvalue weighted by atomic mass is 9.65. The van der Waals surface area contributed by atoms with Crippen molar-refractivity contribution in [1.29, 1.82) is 0 Å². The van der Waals surface area contributed by atoms with Gasteiger partial charge in [-0.05, 0) is 52.0 Å². The first kappa shape index (κ1) is 17.6. The molecule has 1 aromatic carbocycles. The number of hydrogen-bond donors (Lipinski definition) is 1. The van der Waals surface area contributed by atoms with Crippen molar-refractivity contribution < 1.29 is 9.00 Å². The lowest BCUT2D eigenvalue weighted by molar-refractivity contribution is -0.155. The lowest BCUT2D eigenvalue weighted by Crippen LogP contribution is -2.65. The second-order valence-electron chi connectivity index (χ2n) is 8.12. The molecule has 4 nitrogen and oxygen atoms in total. The van der Waals surface area contributed by atoms with Crippen LogP contribution in [0.5, 0.6) is 0 Å². The van der Waals surface area contributed by atoms with Gasteiger partial charge in [-0.1, -0.05) is 30.3 Å². The molecule has 2 atom stereocenters. The van der Waals surface area contributed by atoms with Gasteiger partial charge in [-0.25, -0.2) is 8.93 Å². The third kappa shape index (κ3) is 2.93. The van der Waals surface area contributed by atoms with Gasteiger partial charge in [0.1, 0.15) is 0 Å². The summed E-state index contributed by atoms with van der Waals surface area (Å²) in [5.74, 6) is 0.429. The van der Waals surface area contributed by atoms with Crippen molar-refractivity contribution >= 4 is 16.9 Å². The van der Waals surface area contributed by atoms with Gasteiger partial charge in [0.15, 0.2) is 0 Å². The van der Waals surface area contributed by atoms with E-state index < -0.39 is 11.0 Å². The number of piperidine rings is 2. The highest BCUT2D eigenvalue weighted by atomic mass is 32.2. The molecule has 24 heavy (non-hydrogen) atoms. The van der Waals surface area contributed by atoms with Gasteiger partial charge >= 0.3 is 0 Å². The Kier molecular flexibility index (Phi) is 4.60. The maximum absolute atomic E-state index is 12.8. The average Bonchev–Trinajstić information content (AvgIpc) is 2.57. The number of carbonyl (C=O) groups is 1. The molecule has 5 heteroatoms. The van der Waals surface area contributed by atoms with Gasteiger partial charge in [0.2, 0.25) is 5.91 Å². The minimum atomic E-state index is -1.19. The minimum Gasteiger partial charge on any atom is -0.338 e. The number of rotatable bonds is 4. The molecule has 132 valence electrons. The Morgan fingerprint density at radius 3 is 2.33 bits per heavy atom. The van der Waals surface area contributed by atoms with Crippen LogP contribution in [0.25, 0.3) is 0 Å². The molecule has 1 aliphatic carbocycles. The van der Waals surface area contributed by atoms with Crippen LogP contribution in [0.3, 0.4) is 0 Å². The molecule has 4 rings (SSSR count).